The van der Waals surface area contributed by atoms with Gasteiger partial charge >= 0.3 is 0 Å². The minimum absolute atomic E-state index is 0.0922. The number of rotatable bonds is 4. The molecule has 1 amide bonds. The van der Waals surface area contributed by atoms with Crippen LogP contribution in [0.25, 0.3) is 11.4 Å². The Kier molecular flexibility index (Phi) is 4.23. The number of phenolic OH excluding ortho intramolecular Hbond substituents is 1. The summed E-state index contributed by atoms with van der Waals surface area (Å²) in [6.07, 6.45) is 0. The first-order valence-electron chi connectivity index (χ1n) is 8.65. The molecule has 0 unspecified atom stereocenters. The third-order valence-corrected chi connectivity index (χ3v) is 4.65. The first-order chi connectivity index (χ1) is 13.5. The highest BCUT2D eigenvalue weighted by Crippen LogP contribution is 2.36. The third kappa shape index (κ3) is 2.94. The van der Waals surface area contributed by atoms with Crippen molar-refractivity contribution in [2.45, 2.75) is 13.0 Å². The summed E-state index contributed by atoms with van der Waals surface area (Å²) in [5.74, 6) is 1.24. The number of ether oxygens (including phenoxy) is 1. The molecular formula is C20H19N5O3. The van der Waals surface area contributed by atoms with Gasteiger partial charge in [0.05, 0.1) is 12.7 Å². The lowest BCUT2D eigenvalue weighted by Crippen LogP contribution is -2.31. The number of aromatic nitrogens is 3. The molecular weight excluding hydrogens is 358 g/mol. The van der Waals surface area contributed by atoms with E-state index in [1.54, 1.807) is 36.9 Å². The van der Waals surface area contributed by atoms with E-state index in [1.165, 1.54) is 0 Å². The fourth-order valence-electron chi connectivity index (χ4n) is 3.34. The van der Waals surface area contributed by atoms with E-state index in [9.17, 15) is 9.90 Å². The summed E-state index contributed by atoms with van der Waals surface area (Å²) in [4.78, 5) is 16.7. The van der Waals surface area contributed by atoms with Gasteiger partial charge in [0.15, 0.2) is 5.82 Å². The van der Waals surface area contributed by atoms with Crippen molar-refractivity contribution in [1.82, 2.24) is 14.8 Å². The minimum atomic E-state index is -0.597. The van der Waals surface area contributed by atoms with E-state index in [2.05, 4.69) is 15.4 Å². The summed E-state index contributed by atoms with van der Waals surface area (Å²) >= 11 is 0. The molecule has 8 heteroatoms. The number of amides is 1. The Labute approximate surface area is 161 Å². The zero-order valence-electron chi connectivity index (χ0n) is 15.4. The zero-order chi connectivity index (χ0) is 19.8. The lowest BCUT2D eigenvalue weighted by atomic mass is 9.95. The van der Waals surface area contributed by atoms with Crippen molar-refractivity contribution < 1.29 is 14.6 Å². The summed E-state index contributed by atoms with van der Waals surface area (Å²) in [7, 11) is 1.60. The standard InChI is InChI=1S/C20H19N5O3/c1-11-16(18(21)27)17(13-4-3-5-14(26)10-13)25-20(22-11)23-19(24-25)12-6-8-15(28-2)9-7-12/h3-10,17,26H,1-2H3,(H2,21,27)(H,22,23,24)/t17-/m0/s1. The molecule has 4 rings (SSSR count). The number of nitrogens with one attached hydrogen (secondary N) is 1. The van der Waals surface area contributed by atoms with Gasteiger partial charge in [0.2, 0.25) is 11.9 Å². The van der Waals surface area contributed by atoms with Gasteiger partial charge in [0, 0.05) is 11.3 Å². The number of hydrogen-bond acceptors (Lipinski definition) is 6. The number of primary amides is 1. The van der Waals surface area contributed by atoms with Gasteiger partial charge < -0.3 is 20.9 Å². The molecule has 0 radical (unpaired) electrons. The van der Waals surface area contributed by atoms with Crippen molar-refractivity contribution in [2.75, 3.05) is 12.4 Å². The highest BCUT2D eigenvalue weighted by Gasteiger charge is 2.33. The maximum Gasteiger partial charge on any atom is 0.248 e. The topological polar surface area (TPSA) is 115 Å². The van der Waals surface area contributed by atoms with E-state index >= 15 is 0 Å². The summed E-state index contributed by atoms with van der Waals surface area (Å²) in [6.45, 7) is 1.77. The first kappa shape index (κ1) is 17.6. The summed E-state index contributed by atoms with van der Waals surface area (Å²) in [5, 5.41) is 17.6. The first-order valence-corrected chi connectivity index (χ1v) is 8.65. The van der Waals surface area contributed by atoms with E-state index in [0.29, 0.717) is 28.6 Å². The Bertz CT molecular complexity index is 1090. The van der Waals surface area contributed by atoms with Crippen LogP contribution in [0.5, 0.6) is 11.5 Å². The number of carbonyl (C=O) groups excluding carboxylic acids is 1. The predicted octanol–water partition coefficient (Wildman–Crippen LogP) is 2.43. The molecule has 3 aromatic rings. The molecule has 1 atom stereocenters. The van der Waals surface area contributed by atoms with Crippen LogP contribution >= 0.6 is 0 Å². The molecule has 2 aromatic carbocycles. The Morgan fingerprint density at radius 1 is 1.25 bits per heavy atom. The average molecular weight is 377 g/mol. The molecule has 1 aliphatic heterocycles. The van der Waals surface area contributed by atoms with Gasteiger partial charge in [-0.1, -0.05) is 12.1 Å². The van der Waals surface area contributed by atoms with Crippen LogP contribution < -0.4 is 15.8 Å². The minimum Gasteiger partial charge on any atom is -0.508 e. The number of nitrogens with two attached hydrogens (primary N) is 1. The van der Waals surface area contributed by atoms with Crippen LogP contribution in [-0.4, -0.2) is 32.9 Å². The van der Waals surface area contributed by atoms with Crippen LogP contribution in [0, 0.1) is 0 Å². The average Bonchev–Trinajstić information content (AvgIpc) is 3.10. The number of aromatic hydroxyl groups is 1. The maximum absolute atomic E-state index is 12.2. The molecule has 0 fully saturated rings. The Morgan fingerprint density at radius 2 is 2.00 bits per heavy atom. The maximum atomic E-state index is 12.2. The molecule has 4 N–H and O–H groups in total. The number of methoxy groups -OCH3 is 1. The van der Waals surface area contributed by atoms with Crippen LogP contribution in [0.15, 0.2) is 59.8 Å². The van der Waals surface area contributed by atoms with E-state index in [-0.39, 0.29) is 5.75 Å². The number of benzene rings is 2. The number of hydrogen-bond donors (Lipinski definition) is 3. The van der Waals surface area contributed by atoms with Crippen molar-refractivity contribution in [2.24, 2.45) is 5.73 Å². The van der Waals surface area contributed by atoms with Crippen LogP contribution in [0.4, 0.5) is 5.95 Å². The largest absolute Gasteiger partial charge is 0.508 e. The van der Waals surface area contributed by atoms with Crippen LogP contribution in [0.1, 0.15) is 18.5 Å². The van der Waals surface area contributed by atoms with Crippen molar-refractivity contribution >= 4 is 11.9 Å². The second-order valence-corrected chi connectivity index (χ2v) is 6.46. The lowest BCUT2D eigenvalue weighted by Gasteiger charge is -2.27. The van der Waals surface area contributed by atoms with E-state index < -0.39 is 11.9 Å². The Balaban J connectivity index is 1.85. The summed E-state index contributed by atoms with van der Waals surface area (Å²) in [6, 6.07) is 13.5. The van der Waals surface area contributed by atoms with E-state index in [4.69, 9.17) is 10.5 Å². The molecule has 1 aliphatic rings. The molecule has 0 spiro atoms. The predicted molar refractivity (Wildman–Crippen MR) is 104 cm³/mol. The summed E-state index contributed by atoms with van der Waals surface area (Å²) < 4.78 is 6.80. The molecule has 0 saturated heterocycles. The van der Waals surface area contributed by atoms with Crippen molar-refractivity contribution in [3.05, 3.63) is 65.4 Å². The SMILES string of the molecule is COc1ccc(-c2nc3n(n2)[C@@H](c2cccc(O)c2)C(C(N)=O)=C(C)N3)cc1. The smallest absolute Gasteiger partial charge is 0.248 e. The van der Waals surface area contributed by atoms with Gasteiger partial charge in [0.25, 0.3) is 0 Å². The molecule has 0 bridgehead atoms. The number of fused-ring (bicyclic) bond motifs is 1. The highest BCUT2D eigenvalue weighted by atomic mass is 16.5. The monoisotopic (exact) mass is 377 g/mol. The molecule has 8 nitrogen and oxygen atoms in total. The quantitative estimate of drug-likeness (QED) is 0.643. The lowest BCUT2D eigenvalue weighted by molar-refractivity contribution is -0.115. The number of phenols is 1. The third-order valence-electron chi connectivity index (χ3n) is 4.65. The van der Waals surface area contributed by atoms with Crippen molar-refractivity contribution in [1.29, 1.82) is 0 Å². The second-order valence-electron chi connectivity index (χ2n) is 6.46. The highest BCUT2D eigenvalue weighted by molar-refractivity contribution is 5.95. The fourth-order valence-corrected chi connectivity index (χ4v) is 3.34. The van der Waals surface area contributed by atoms with E-state index in [1.807, 2.05) is 30.3 Å². The number of carbonyl (C=O) groups is 1. The molecule has 142 valence electrons. The van der Waals surface area contributed by atoms with Crippen LogP contribution in [0.3, 0.4) is 0 Å². The second kappa shape index (κ2) is 6.73. The fraction of sp³-hybridized carbons (Fsp3) is 0.150. The van der Waals surface area contributed by atoms with Crippen molar-refractivity contribution in [3.63, 3.8) is 0 Å². The molecule has 0 aliphatic carbocycles. The Hall–Kier alpha value is -3.81. The number of nitrogens with zero attached hydrogens (tertiary/aromatic N) is 3. The van der Waals surface area contributed by atoms with Gasteiger partial charge in [-0.3, -0.25) is 4.79 Å². The van der Waals surface area contributed by atoms with Crippen molar-refractivity contribution in [3.8, 4) is 22.9 Å². The Morgan fingerprint density at radius 3 is 2.64 bits per heavy atom. The molecule has 2 heterocycles. The number of anilines is 1. The summed E-state index contributed by atoms with van der Waals surface area (Å²) in [5.41, 5.74) is 8.11. The van der Waals surface area contributed by atoms with E-state index in [0.717, 1.165) is 11.3 Å². The van der Waals surface area contributed by atoms with Gasteiger partial charge in [-0.25, -0.2) is 4.68 Å². The van der Waals surface area contributed by atoms with Gasteiger partial charge in [0.1, 0.15) is 17.5 Å². The zero-order valence-corrected chi connectivity index (χ0v) is 15.4. The molecule has 0 saturated carbocycles. The molecule has 1 aromatic heterocycles. The van der Waals surface area contributed by atoms with Crippen LogP contribution in [-0.2, 0) is 4.79 Å². The molecule has 28 heavy (non-hydrogen) atoms. The number of allylic oxidation sites excluding steroid dienone is 1. The van der Waals surface area contributed by atoms with Crippen LogP contribution in [0.2, 0.25) is 0 Å². The van der Waals surface area contributed by atoms with Gasteiger partial charge in [-0.15, -0.1) is 5.10 Å². The van der Waals surface area contributed by atoms with Gasteiger partial charge in [-0.2, -0.15) is 4.98 Å². The normalized spacial score (nSPS) is 15.7. The van der Waals surface area contributed by atoms with Gasteiger partial charge in [-0.05, 0) is 48.9 Å².